The van der Waals surface area contributed by atoms with Gasteiger partial charge in [0.1, 0.15) is 0 Å². The summed E-state index contributed by atoms with van der Waals surface area (Å²) < 4.78 is 13.5. The Morgan fingerprint density at radius 3 is 2.73 bits per heavy atom. The third-order valence-corrected chi connectivity index (χ3v) is 4.55. The molecule has 0 saturated carbocycles. The predicted molar refractivity (Wildman–Crippen MR) is 88.6 cm³/mol. The van der Waals surface area contributed by atoms with E-state index in [9.17, 15) is 0 Å². The molecule has 0 aliphatic carbocycles. The number of thioether (sulfide) groups is 1. The molecule has 1 aromatic heterocycles. The van der Waals surface area contributed by atoms with E-state index in [4.69, 9.17) is 20.2 Å². The molecule has 0 unspecified atom stereocenters. The fraction of sp³-hybridized carbons (Fsp3) is 0.438. The van der Waals surface area contributed by atoms with Crippen LogP contribution in [-0.2, 0) is 13.1 Å². The zero-order chi connectivity index (χ0) is 15.5. The van der Waals surface area contributed by atoms with Gasteiger partial charge >= 0.3 is 0 Å². The normalized spacial score (nSPS) is 13.2. The number of aromatic nitrogens is 2. The van der Waals surface area contributed by atoms with Gasteiger partial charge in [0.2, 0.25) is 0 Å². The van der Waals surface area contributed by atoms with Crippen molar-refractivity contribution < 1.29 is 9.47 Å². The Hall–Kier alpha value is -1.66. The second kappa shape index (κ2) is 6.62. The Kier molecular flexibility index (Phi) is 4.59. The summed E-state index contributed by atoms with van der Waals surface area (Å²) in [5.41, 5.74) is 9.02. The number of hydrogen-bond donors (Lipinski definition) is 1. The van der Waals surface area contributed by atoms with E-state index in [2.05, 4.69) is 4.57 Å². The zero-order valence-corrected chi connectivity index (χ0v) is 13.8. The van der Waals surface area contributed by atoms with Crippen LogP contribution >= 0.6 is 11.8 Å². The Labute approximate surface area is 134 Å². The smallest absolute Gasteiger partial charge is 0.168 e. The zero-order valence-electron chi connectivity index (χ0n) is 13.0. The van der Waals surface area contributed by atoms with Crippen molar-refractivity contribution in [1.29, 1.82) is 0 Å². The Balaban J connectivity index is 2.03. The van der Waals surface area contributed by atoms with Crippen molar-refractivity contribution >= 4 is 11.8 Å². The fourth-order valence-electron chi connectivity index (χ4n) is 2.67. The van der Waals surface area contributed by atoms with Gasteiger partial charge in [-0.05, 0) is 32.0 Å². The molecule has 1 aliphatic heterocycles. The summed E-state index contributed by atoms with van der Waals surface area (Å²) >= 11 is 1.78. The topological polar surface area (TPSA) is 62.3 Å². The number of ether oxygens (including phenoxy) is 2. The molecule has 118 valence electrons. The average Bonchev–Trinajstić information content (AvgIpc) is 3.09. The molecule has 0 spiro atoms. The Morgan fingerprint density at radius 2 is 2.00 bits per heavy atom. The minimum absolute atomic E-state index is 0.486. The molecule has 2 N–H and O–H groups in total. The first kappa shape index (κ1) is 15.2. The highest BCUT2D eigenvalue weighted by atomic mass is 32.2. The number of nitrogens with two attached hydrogens (primary N) is 1. The quantitative estimate of drug-likeness (QED) is 0.887. The SMILES string of the molecule is CCOc1ccc(-c2nc3n(c2CN)CCS3)cc1OCC. The van der Waals surface area contributed by atoms with Crippen LogP contribution in [0.4, 0.5) is 0 Å². The summed E-state index contributed by atoms with van der Waals surface area (Å²) in [5, 5.41) is 1.06. The van der Waals surface area contributed by atoms with Gasteiger partial charge in [0.05, 0.1) is 24.6 Å². The van der Waals surface area contributed by atoms with Gasteiger partial charge in [0.25, 0.3) is 0 Å². The van der Waals surface area contributed by atoms with E-state index in [1.54, 1.807) is 11.8 Å². The van der Waals surface area contributed by atoms with Crippen LogP contribution in [0.5, 0.6) is 11.5 Å². The average molecular weight is 319 g/mol. The summed E-state index contributed by atoms with van der Waals surface area (Å²) in [6, 6.07) is 5.97. The fourth-order valence-corrected chi connectivity index (χ4v) is 3.64. The maximum atomic E-state index is 5.95. The van der Waals surface area contributed by atoms with E-state index in [0.717, 1.165) is 45.9 Å². The molecule has 2 aromatic rings. The first-order valence-electron chi connectivity index (χ1n) is 7.60. The highest BCUT2D eigenvalue weighted by Crippen LogP contribution is 2.37. The van der Waals surface area contributed by atoms with Crippen LogP contribution in [0.2, 0.25) is 0 Å². The molecule has 0 radical (unpaired) electrons. The highest BCUT2D eigenvalue weighted by molar-refractivity contribution is 7.99. The number of nitrogens with zero attached hydrogens (tertiary/aromatic N) is 2. The molecular weight excluding hydrogens is 298 g/mol. The predicted octanol–water partition coefficient (Wildman–Crippen LogP) is 2.91. The van der Waals surface area contributed by atoms with E-state index in [0.29, 0.717) is 19.8 Å². The van der Waals surface area contributed by atoms with Gasteiger partial charge in [-0.15, -0.1) is 0 Å². The van der Waals surface area contributed by atoms with Gasteiger partial charge in [0, 0.05) is 24.4 Å². The van der Waals surface area contributed by atoms with Crippen molar-refractivity contribution in [3.05, 3.63) is 23.9 Å². The highest BCUT2D eigenvalue weighted by Gasteiger charge is 2.22. The maximum absolute atomic E-state index is 5.95. The lowest BCUT2D eigenvalue weighted by molar-refractivity contribution is 0.288. The summed E-state index contributed by atoms with van der Waals surface area (Å²) in [6.45, 7) is 6.61. The van der Waals surface area contributed by atoms with E-state index < -0.39 is 0 Å². The van der Waals surface area contributed by atoms with Gasteiger partial charge in [-0.25, -0.2) is 4.98 Å². The Bertz CT molecular complexity index is 670. The van der Waals surface area contributed by atoms with Gasteiger partial charge in [-0.1, -0.05) is 11.8 Å². The van der Waals surface area contributed by atoms with Crippen LogP contribution in [0.25, 0.3) is 11.3 Å². The number of benzene rings is 1. The van der Waals surface area contributed by atoms with Crippen LogP contribution in [0.1, 0.15) is 19.5 Å². The van der Waals surface area contributed by atoms with Crippen LogP contribution in [0.15, 0.2) is 23.4 Å². The van der Waals surface area contributed by atoms with Crippen LogP contribution < -0.4 is 15.2 Å². The first-order valence-corrected chi connectivity index (χ1v) is 8.59. The van der Waals surface area contributed by atoms with Gasteiger partial charge in [-0.3, -0.25) is 0 Å². The van der Waals surface area contributed by atoms with E-state index in [1.165, 1.54) is 0 Å². The maximum Gasteiger partial charge on any atom is 0.168 e. The second-order valence-corrected chi connectivity index (χ2v) is 5.98. The molecule has 2 heterocycles. The third-order valence-electron chi connectivity index (χ3n) is 3.59. The molecule has 1 aromatic carbocycles. The van der Waals surface area contributed by atoms with Crippen LogP contribution in [0.3, 0.4) is 0 Å². The standard InChI is InChI=1S/C16H21N3O2S/c1-3-20-13-6-5-11(9-14(13)21-4-2)15-12(10-17)19-7-8-22-16(19)18-15/h5-6,9H,3-4,7-8,10,17H2,1-2H3. The lowest BCUT2D eigenvalue weighted by Gasteiger charge is -2.12. The number of hydrogen-bond acceptors (Lipinski definition) is 5. The van der Waals surface area contributed by atoms with Crippen molar-refractivity contribution in [2.75, 3.05) is 19.0 Å². The molecule has 0 saturated heterocycles. The van der Waals surface area contributed by atoms with Gasteiger partial charge < -0.3 is 19.8 Å². The van der Waals surface area contributed by atoms with E-state index >= 15 is 0 Å². The summed E-state index contributed by atoms with van der Waals surface area (Å²) in [7, 11) is 0. The van der Waals surface area contributed by atoms with Crippen molar-refractivity contribution in [2.24, 2.45) is 5.73 Å². The lowest BCUT2D eigenvalue weighted by atomic mass is 10.1. The third kappa shape index (κ3) is 2.68. The molecule has 0 amide bonds. The second-order valence-electron chi connectivity index (χ2n) is 4.92. The summed E-state index contributed by atoms with van der Waals surface area (Å²) in [5.74, 6) is 2.59. The lowest BCUT2D eigenvalue weighted by Crippen LogP contribution is -2.07. The summed E-state index contributed by atoms with van der Waals surface area (Å²) in [4.78, 5) is 4.76. The largest absolute Gasteiger partial charge is 0.490 e. The van der Waals surface area contributed by atoms with Crippen molar-refractivity contribution in [3.8, 4) is 22.8 Å². The van der Waals surface area contributed by atoms with E-state index in [1.807, 2.05) is 32.0 Å². The first-order chi connectivity index (χ1) is 10.8. The van der Waals surface area contributed by atoms with Crippen molar-refractivity contribution in [2.45, 2.75) is 32.1 Å². The number of rotatable bonds is 6. The van der Waals surface area contributed by atoms with Crippen molar-refractivity contribution in [1.82, 2.24) is 9.55 Å². The summed E-state index contributed by atoms with van der Waals surface area (Å²) in [6.07, 6.45) is 0. The molecular formula is C16H21N3O2S. The molecule has 6 heteroatoms. The minimum atomic E-state index is 0.486. The van der Waals surface area contributed by atoms with Gasteiger partial charge in [0.15, 0.2) is 16.7 Å². The number of fused-ring (bicyclic) bond motifs is 1. The monoisotopic (exact) mass is 319 g/mol. The molecule has 1 aliphatic rings. The molecule has 0 atom stereocenters. The van der Waals surface area contributed by atoms with Crippen LogP contribution in [-0.4, -0.2) is 28.5 Å². The minimum Gasteiger partial charge on any atom is -0.490 e. The number of imidazole rings is 1. The van der Waals surface area contributed by atoms with Crippen LogP contribution in [0, 0.1) is 0 Å². The molecule has 0 fully saturated rings. The molecule has 3 rings (SSSR count). The molecule has 5 nitrogen and oxygen atoms in total. The van der Waals surface area contributed by atoms with Gasteiger partial charge in [-0.2, -0.15) is 0 Å². The molecule has 0 bridgehead atoms. The van der Waals surface area contributed by atoms with E-state index in [-0.39, 0.29) is 0 Å². The Morgan fingerprint density at radius 1 is 1.23 bits per heavy atom. The van der Waals surface area contributed by atoms with Crippen molar-refractivity contribution in [3.63, 3.8) is 0 Å². The molecule has 22 heavy (non-hydrogen) atoms.